The van der Waals surface area contributed by atoms with Crippen LogP contribution < -0.4 is 5.32 Å². The molecule has 0 radical (unpaired) electrons. The van der Waals surface area contributed by atoms with E-state index in [-0.39, 0.29) is 5.78 Å². The van der Waals surface area contributed by atoms with Crippen molar-refractivity contribution < 1.29 is 4.79 Å². The Hall–Kier alpha value is -0.790. The van der Waals surface area contributed by atoms with E-state index in [1.165, 1.54) is 0 Å². The predicted octanol–water partition coefficient (Wildman–Crippen LogP) is 1.87. The lowest BCUT2D eigenvalue weighted by atomic mass is 10.2. The lowest BCUT2D eigenvalue weighted by molar-refractivity contribution is -0.112. The maximum Gasteiger partial charge on any atom is 0.154 e. The third-order valence-electron chi connectivity index (χ3n) is 1.23. The maximum atomic E-state index is 10.7. The molecule has 0 fully saturated rings. The number of hydrogen-bond donors (Lipinski definition) is 1. The Balaban J connectivity index is 4.05. The molecule has 0 rings (SSSR count). The molecule has 64 valence electrons. The zero-order chi connectivity index (χ0) is 8.85. The summed E-state index contributed by atoms with van der Waals surface area (Å²) in [6.07, 6.45) is 2.54. The summed E-state index contributed by atoms with van der Waals surface area (Å²) < 4.78 is 0. The number of hydrogen-bond acceptors (Lipinski definition) is 2. The minimum Gasteiger partial charge on any atom is -0.386 e. The minimum absolute atomic E-state index is 0.106. The Morgan fingerprint density at radius 3 is 2.36 bits per heavy atom. The molecule has 0 aromatic carbocycles. The van der Waals surface area contributed by atoms with Gasteiger partial charge in [0, 0.05) is 11.7 Å². The van der Waals surface area contributed by atoms with Gasteiger partial charge in [-0.2, -0.15) is 0 Å². The lowest BCUT2D eigenvalue weighted by Gasteiger charge is -2.11. The largest absolute Gasteiger partial charge is 0.386 e. The highest BCUT2D eigenvalue weighted by Crippen LogP contribution is 1.97. The van der Waals surface area contributed by atoms with Crippen molar-refractivity contribution in [3.05, 3.63) is 11.8 Å². The van der Waals surface area contributed by atoms with Gasteiger partial charge in [-0.3, -0.25) is 4.79 Å². The first-order valence-electron chi connectivity index (χ1n) is 4.04. The summed E-state index contributed by atoms with van der Waals surface area (Å²) in [5.41, 5.74) is 1.02. The first kappa shape index (κ1) is 10.2. The van der Waals surface area contributed by atoms with Crippen molar-refractivity contribution in [3.63, 3.8) is 0 Å². The van der Waals surface area contributed by atoms with E-state index in [0.717, 1.165) is 12.1 Å². The highest BCUT2D eigenvalue weighted by molar-refractivity contribution is 5.87. The molecule has 0 aromatic rings. The fraction of sp³-hybridized carbons (Fsp3) is 0.667. The van der Waals surface area contributed by atoms with E-state index in [2.05, 4.69) is 19.2 Å². The fourth-order valence-corrected chi connectivity index (χ4v) is 0.862. The molecular formula is C9H17NO. The number of allylic oxidation sites excluding steroid dienone is 2. The highest BCUT2D eigenvalue weighted by Gasteiger charge is 1.96. The molecule has 0 aliphatic rings. The van der Waals surface area contributed by atoms with Gasteiger partial charge in [0.2, 0.25) is 0 Å². The Morgan fingerprint density at radius 2 is 2.09 bits per heavy atom. The molecule has 0 bridgehead atoms. The van der Waals surface area contributed by atoms with Crippen molar-refractivity contribution in [2.45, 2.75) is 40.2 Å². The molecule has 0 saturated heterocycles. The summed E-state index contributed by atoms with van der Waals surface area (Å²) in [7, 11) is 0. The lowest BCUT2D eigenvalue weighted by Crippen LogP contribution is -2.22. The number of ketones is 1. The van der Waals surface area contributed by atoms with Crippen LogP contribution in [-0.4, -0.2) is 11.8 Å². The number of rotatable bonds is 4. The summed E-state index contributed by atoms with van der Waals surface area (Å²) in [6, 6.07) is 0.403. The topological polar surface area (TPSA) is 29.1 Å². The molecule has 11 heavy (non-hydrogen) atoms. The van der Waals surface area contributed by atoms with Crippen molar-refractivity contribution >= 4 is 5.78 Å². The van der Waals surface area contributed by atoms with Crippen molar-refractivity contribution in [2.75, 3.05) is 0 Å². The molecule has 2 heteroatoms. The summed E-state index contributed by atoms with van der Waals surface area (Å²) in [5.74, 6) is 0.106. The van der Waals surface area contributed by atoms with Crippen LogP contribution in [-0.2, 0) is 4.79 Å². The third kappa shape index (κ3) is 5.64. The van der Waals surface area contributed by atoms with Crippen LogP contribution in [0.15, 0.2) is 11.8 Å². The molecule has 0 atom stereocenters. The number of nitrogens with one attached hydrogen (secondary N) is 1. The fourth-order valence-electron chi connectivity index (χ4n) is 0.862. The van der Waals surface area contributed by atoms with E-state index in [4.69, 9.17) is 0 Å². The zero-order valence-corrected chi connectivity index (χ0v) is 7.77. The number of carbonyl (C=O) groups excluding carboxylic acids is 1. The van der Waals surface area contributed by atoms with E-state index in [1.54, 1.807) is 13.0 Å². The van der Waals surface area contributed by atoms with Crippen LogP contribution in [0.3, 0.4) is 0 Å². The van der Waals surface area contributed by atoms with Gasteiger partial charge in [-0.1, -0.05) is 6.92 Å². The van der Waals surface area contributed by atoms with Crippen molar-refractivity contribution in [1.82, 2.24) is 5.32 Å². The van der Waals surface area contributed by atoms with E-state index in [0.29, 0.717) is 6.04 Å². The molecule has 0 heterocycles. The normalized spacial score (nSPS) is 11.9. The van der Waals surface area contributed by atoms with Gasteiger partial charge in [-0.15, -0.1) is 0 Å². The van der Waals surface area contributed by atoms with Gasteiger partial charge in [0.05, 0.1) is 0 Å². The molecule has 0 aliphatic heterocycles. The van der Waals surface area contributed by atoms with Crippen molar-refractivity contribution in [1.29, 1.82) is 0 Å². The minimum atomic E-state index is 0.106. The van der Waals surface area contributed by atoms with Crippen LogP contribution in [0.25, 0.3) is 0 Å². The summed E-state index contributed by atoms with van der Waals surface area (Å²) >= 11 is 0. The van der Waals surface area contributed by atoms with Gasteiger partial charge in [-0.05, 0) is 33.3 Å². The third-order valence-corrected chi connectivity index (χ3v) is 1.23. The number of carbonyl (C=O) groups is 1. The van der Waals surface area contributed by atoms with Crippen LogP contribution in [0.1, 0.15) is 34.1 Å². The molecular weight excluding hydrogens is 138 g/mol. The first-order valence-corrected chi connectivity index (χ1v) is 4.04. The second-order valence-electron chi connectivity index (χ2n) is 2.93. The quantitative estimate of drug-likeness (QED) is 0.628. The predicted molar refractivity (Wildman–Crippen MR) is 47.3 cm³/mol. The smallest absolute Gasteiger partial charge is 0.154 e. The Bertz CT molecular complexity index is 159. The maximum absolute atomic E-state index is 10.7. The molecule has 0 unspecified atom stereocenters. The van der Waals surface area contributed by atoms with Gasteiger partial charge >= 0.3 is 0 Å². The highest BCUT2D eigenvalue weighted by atomic mass is 16.1. The second kappa shape index (κ2) is 4.94. The van der Waals surface area contributed by atoms with Gasteiger partial charge < -0.3 is 5.32 Å². The van der Waals surface area contributed by atoms with Gasteiger partial charge in [-0.25, -0.2) is 0 Å². The first-order chi connectivity index (χ1) is 5.06. The Labute approximate surface area is 68.7 Å². The molecule has 2 nitrogen and oxygen atoms in total. The second-order valence-corrected chi connectivity index (χ2v) is 2.93. The van der Waals surface area contributed by atoms with Gasteiger partial charge in [0.15, 0.2) is 5.78 Å². The molecule has 0 aromatic heterocycles. The van der Waals surface area contributed by atoms with E-state index in [1.807, 2.05) is 6.92 Å². The monoisotopic (exact) mass is 155 g/mol. The standard InChI is InChI=1S/C9H17NO/c1-5-9(6-8(4)11)10-7(2)3/h6-7,10H,5H2,1-4H3/b9-6-. The van der Waals surface area contributed by atoms with Crippen LogP contribution >= 0.6 is 0 Å². The zero-order valence-electron chi connectivity index (χ0n) is 7.77. The van der Waals surface area contributed by atoms with Crippen LogP contribution in [0.5, 0.6) is 0 Å². The van der Waals surface area contributed by atoms with Gasteiger partial charge in [0.25, 0.3) is 0 Å². The van der Waals surface area contributed by atoms with Crippen LogP contribution in [0.4, 0.5) is 0 Å². The Kier molecular flexibility index (Phi) is 4.59. The summed E-state index contributed by atoms with van der Waals surface area (Å²) in [4.78, 5) is 10.7. The SMILES string of the molecule is CC/C(=C/C(C)=O)NC(C)C. The molecule has 1 N–H and O–H groups in total. The van der Waals surface area contributed by atoms with Crippen molar-refractivity contribution in [3.8, 4) is 0 Å². The summed E-state index contributed by atoms with van der Waals surface area (Å²) in [6.45, 7) is 7.72. The molecule has 0 aliphatic carbocycles. The molecule has 0 saturated carbocycles. The molecule has 0 amide bonds. The summed E-state index contributed by atoms with van der Waals surface area (Å²) in [5, 5.41) is 3.20. The molecule has 0 spiro atoms. The average molecular weight is 155 g/mol. The Morgan fingerprint density at radius 1 is 1.55 bits per heavy atom. The van der Waals surface area contributed by atoms with Crippen LogP contribution in [0.2, 0.25) is 0 Å². The van der Waals surface area contributed by atoms with E-state index in [9.17, 15) is 4.79 Å². The van der Waals surface area contributed by atoms with Crippen LogP contribution in [0, 0.1) is 0 Å². The van der Waals surface area contributed by atoms with Gasteiger partial charge in [0.1, 0.15) is 0 Å². The van der Waals surface area contributed by atoms with E-state index < -0.39 is 0 Å². The van der Waals surface area contributed by atoms with E-state index >= 15 is 0 Å². The average Bonchev–Trinajstić information content (AvgIpc) is 1.84. The van der Waals surface area contributed by atoms with Crippen molar-refractivity contribution in [2.24, 2.45) is 0 Å².